The lowest BCUT2D eigenvalue weighted by Gasteiger charge is -2.38. The average molecular weight is 812 g/mol. The van der Waals surface area contributed by atoms with Crippen molar-refractivity contribution in [3.05, 3.63) is 71.8 Å². The highest BCUT2D eigenvalue weighted by atomic mass is 16.6. The predicted octanol–water partition coefficient (Wildman–Crippen LogP) is 3.57. The molecule has 2 rings (SSSR count). The molecule has 2 aromatic rings. The van der Waals surface area contributed by atoms with Crippen LogP contribution >= 0.6 is 0 Å². The number of carboxylic acid groups (broad SMARTS) is 2. The van der Waals surface area contributed by atoms with Crippen LogP contribution in [0.15, 0.2) is 60.7 Å². The van der Waals surface area contributed by atoms with Gasteiger partial charge in [-0.3, -0.25) is 28.9 Å². The van der Waals surface area contributed by atoms with Crippen molar-refractivity contribution in [2.45, 2.75) is 110 Å². The Bertz CT molecular complexity index is 1700. The number of likely N-dealkylation sites (N-methyl/N-ethyl adjacent to an activating group) is 3. The summed E-state index contributed by atoms with van der Waals surface area (Å²) in [6.07, 6.45) is -1.14. The van der Waals surface area contributed by atoms with Crippen LogP contribution in [0.1, 0.15) is 72.4 Å². The van der Waals surface area contributed by atoms with Crippen LogP contribution in [-0.2, 0) is 51.3 Å². The van der Waals surface area contributed by atoms with E-state index >= 15 is 0 Å². The van der Waals surface area contributed by atoms with Crippen molar-refractivity contribution >= 4 is 41.7 Å². The number of carboxylic acids is 2. The summed E-state index contributed by atoms with van der Waals surface area (Å²) in [7, 11) is 4.20. The summed E-state index contributed by atoms with van der Waals surface area (Å²) in [6, 6.07) is 11.2. The van der Waals surface area contributed by atoms with E-state index in [-0.39, 0.29) is 25.6 Å². The molecule has 0 aliphatic rings. The highest BCUT2D eigenvalue weighted by Gasteiger charge is 2.41. The zero-order chi connectivity index (χ0) is 43.9. The van der Waals surface area contributed by atoms with Crippen LogP contribution < -0.4 is 10.6 Å². The maximum atomic E-state index is 14.6. The molecule has 58 heavy (non-hydrogen) atoms. The number of nitrogens with zero attached hydrogens (tertiary/aromatic N) is 3. The molecule has 16 nitrogen and oxygen atoms in total. The van der Waals surface area contributed by atoms with E-state index in [2.05, 4.69) is 10.6 Å². The molecular weight excluding hydrogens is 750 g/mol. The highest BCUT2D eigenvalue weighted by molar-refractivity contribution is 5.96. The predicted molar refractivity (Wildman–Crippen MR) is 215 cm³/mol. The Hall–Kier alpha value is -5.51. The lowest BCUT2D eigenvalue weighted by atomic mass is 9.96. The number of aliphatic carboxylic acids is 2. The van der Waals surface area contributed by atoms with Crippen LogP contribution in [0.3, 0.4) is 0 Å². The van der Waals surface area contributed by atoms with E-state index in [9.17, 15) is 43.8 Å². The maximum Gasteiger partial charge on any atom is 0.410 e. The van der Waals surface area contributed by atoms with Gasteiger partial charge >= 0.3 is 18.0 Å². The topological polar surface area (TPSA) is 212 Å². The number of carbonyl (C=O) groups excluding carboxylic acids is 5. The number of carbonyl (C=O) groups is 7. The first-order valence-electron chi connectivity index (χ1n) is 19.3. The van der Waals surface area contributed by atoms with Gasteiger partial charge in [-0.05, 0) is 43.7 Å². The summed E-state index contributed by atoms with van der Waals surface area (Å²) in [5.74, 6) is -6.87. The largest absolute Gasteiger partial charge is 0.481 e. The third kappa shape index (κ3) is 14.8. The molecule has 0 fully saturated rings. The molecule has 0 radical (unpaired) electrons. The van der Waals surface area contributed by atoms with Crippen LogP contribution in [-0.4, -0.2) is 130 Å². The number of hydrogen-bond donors (Lipinski definition) is 4. The molecule has 0 saturated carbocycles. The molecule has 0 aromatic heterocycles. The van der Waals surface area contributed by atoms with Gasteiger partial charge in [0.25, 0.3) is 0 Å². The van der Waals surface area contributed by atoms with Gasteiger partial charge < -0.3 is 40.1 Å². The average Bonchev–Trinajstić information content (AvgIpc) is 3.16. The van der Waals surface area contributed by atoms with E-state index in [0.29, 0.717) is 12.0 Å². The zero-order valence-electron chi connectivity index (χ0n) is 35.3. The molecule has 320 valence electrons. The van der Waals surface area contributed by atoms with Crippen LogP contribution in [0.2, 0.25) is 0 Å². The van der Waals surface area contributed by atoms with Crippen molar-refractivity contribution < 1.29 is 53.2 Å². The summed E-state index contributed by atoms with van der Waals surface area (Å²) in [5.41, 5.74) is 0.683. The maximum absolute atomic E-state index is 14.6. The summed E-state index contributed by atoms with van der Waals surface area (Å²) < 4.78 is 11.5. The minimum atomic E-state index is -1.75. The third-order valence-corrected chi connectivity index (χ3v) is 9.69. The Morgan fingerprint density at radius 2 is 1.22 bits per heavy atom. The Morgan fingerprint density at radius 1 is 0.707 bits per heavy atom. The SMILES string of the molecule is CC[C@H](C)[C@@H](C(=O)N[C@@H](COC(C)(C)C)C(=O)N(C)[C@@H](Cc1ccccc1)C(=O)N(C)[C@H](C(=O)N[C@@H](CC(=O)O)C(=O)O)C(C)C)N(C)C(=O)OCc1ccccc1. The van der Waals surface area contributed by atoms with Gasteiger partial charge in [0.05, 0.1) is 18.6 Å². The van der Waals surface area contributed by atoms with Gasteiger partial charge in [0.2, 0.25) is 23.6 Å². The molecule has 16 heteroatoms. The van der Waals surface area contributed by atoms with Gasteiger partial charge in [-0.25, -0.2) is 9.59 Å². The van der Waals surface area contributed by atoms with E-state index in [1.54, 1.807) is 84.0 Å². The fraction of sp³-hybridized carbons (Fsp3) is 0.548. The molecular formula is C42H61N5O11. The fourth-order valence-corrected chi connectivity index (χ4v) is 6.30. The van der Waals surface area contributed by atoms with Crippen LogP contribution in [0.5, 0.6) is 0 Å². The second-order valence-corrected chi connectivity index (χ2v) is 15.8. The number of nitrogens with one attached hydrogen (secondary N) is 2. The Balaban J connectivity index is 2.52. The molecule has 2 aromatic carbocycles. The number of benzene rings is 2. The molecule has 0 heterocycles. The van der Waals surface area contributed by atoms with Crippen molar-refractivity contribution in [2.75, 3.05) is 27.7 Å². The van der Waals surface area contributed by atoms with Gasteiger partial charge in [0.1, 0.15) is 36.8 Å². The van der Waals surface area contributed by atoms with E-state index in [1.165, 1.54) is 30.9 Å². The minimum absolute atomic E-state index is 0.0122. The van der Waals surface area contributed by atoms with Crippen molar-refractivity contribution in [1.29, 1.82) is 0 Å². The quantitative estimate of drug-likeness (QED) is 0.143. The normalized spacial score (nSPS) is 14.5. The number of ether oxygens (including phenoxy) is 2. The lowest BCUT2D eigenvalue weighted by Crippen LogP contribution is -2.62. The molecule has 0 bridgehead atoms. The molecule has 0 aliphatic heterocycles. The summed E-state index contributed by atoms with van der Waals surface area (Å²) >= 11 is 0. The Labute approximate surface area is 341 Å². The summed E-state index contributed by atoms with van der Waals surface area (Å²) in [6.45, 7) is 11.9. The van der Waals surface area contributed by atoms with Crippen molar-refractivity contribution in [3.8, 4) is 0 Å². The molecule has 0 saturated heterocycles. The van der Waals surface area contributed by atoms with Crippen LogP contribution in [0.25, 0.3) is 0 Å². The second kappa shape index (κ2) is 22.4. The second-order valence-electron chi connectivity index (χ2n) is 15.8. The standard InChI is InChI=1S/C42H61N5O11/c1-11-27(4)35(47(10)41(56)57-24-29-20-16-13-17-21-29)37(51)44-31(25-58-42(5,6)7)38(52)45(8)32(22-28-18-14-12-15-19-28)39(53)46(9)34(26(2)3)36(50)43-30(40(54)55)23-33(48)49/h12-21,26-27,30-32,34-35H,11,22-25H2,1-10H3,(H,43,50)(H,44,51)(H,48,49)(H,54,55)/t27-,30-,31-,32-,34-,35-/m0/s1. The fourth-order valence-electron chi connectivity index (χ4n) is 6.30. The Kier molecular flexibility index (Phi) is 18.8. The van der Waals surface area contributed by atoms with Crippen LogP contribution in [0, 0.1) is 11.8 Å². The van der Waals surface area contributed by atoms with E-state index in [0.717, 1.165) is 10.5 Å². The first kappa shape index (κ1) is 48.6. The molecule has 0 unspecified atom stereocenters. The minimum Gasteiger partial charge on any atom is -0.481 e. The molecule has 0 aliphatic carbocycles. The number of rotatable bonds is 21. The first-order chi connectivity index (χ1) is 27.1. The first-order valence-corrected chi connectivity index (χ1v) is 19.3. The van der Waals surface area contributed by atoms with E-state index in [1.807, 2.05) is 25.1 Å². The van der Waals surface area contributed by atoms with Gasteiger partial charge in [0.15, 0.2) is 0 Å². The van der Waals surface area contributed by atoms with E-state index in [4.69, 9.17) is 9.47 Å². The van der Waals surface area contributed by atoms with Crippen molar-refractivity contribution in [3.63, 3.8) is 0 Å². The van der Waals surface area contributed by atoms with Crippen LogP contribution in [0.4, 0.5) is 4.79 Å². The van der Waals surface area contributed by atoms with Gasteiger partial charge in [0, 0.05) is 27.6 Å². The molecule has 6 atom stereocenters. The zero-order valence-corrected chi connectivity index (χ0v) is 35.3. The van der Waals surface area contributed by atoms with Gasteiger partial charge in [-0.15, -0.1) is 0 Å². The molecule has 4 N–H and O–H groups in total. The van der Waals surface area contributed by atoms with Crippen molar-refractivity contribution in [2.24, 2.45) is 11.8 Å². The van der Waals surface area contributed by atoms with Crippen molar-refractivity contribution in [1.82, 2.24) is 25.3 Å². The molecule has 0 spiro atoms. The summed E-state index contributed by atoms with van der Waals surface area (Å²) in [4.78, 5) is 96.7. The number of amides is 5. The van der Waals surface area contributed by atoms with Gasteiger partial charge in [-0.1, -0.05) is 94.8 Å². The van der Waals surface area contributed by atoms with Gasteiger partial charge in [-0.2, -0.15) is 0 Å². The Morgan fingerprint density at radius 3 is 1.71 bits per heavy atom. The number of hydrogen-bond acceptors (Lipinski definition) is 9. The summed E-state index contributed by atoms with van der Waals surface area (Å²) in [5, 5.41) is 23.8. The molecule has 5 amide bonds. The lowest BCUT2D eigenvalue weighted by molar-refractivity contribution is -0.152. The van der Waals surface area contributed by atoms with E-state index < -0.39 is 89.8 Å². The highest BCUT2D eigenvalue weighted by Crippen LogP contribution is 2.20. The smallest absolute Gasteiger partial charge is 0.410 e. The monoisotopic (exact) mass is 811 g/mol. The third-order valence-electron chi connectivity index (χ3n) is 9.69.